The van der Waals surface area contributed by atoms with Gasteiger partial charge in [-0.1, -0.05) is 36.4 Å². The first kappa shape index (κ1) is 18.8. The molecule has 1 aromatic carbocycles. The van der Waals surface area contributed by atoms with Crippen LogP contribution in [0.25, 0.3) is 0 Å². The molecule has 0 saturated carbocycles. The van der Waals surface area contributed by atoms with E-state index in [1.54, 1.807) is 13.2 Å². The number of ether oxygens (including phenoxy) is 5. The van der Waals surface area contributed by atoms with Gasteiger partial charge < -0.3 is 29.0 Å². The van der Waals surface area contributed by atoms with Crippen LogP contribution in [0.15, 0.2) is 43.0 Å². The molecule has 0 bridgehead atoms. The van der Waals surface area contributed by atoms with E-state index in [0.717, 1.165) is 5.56 Å². The molecule has 5 atom stereocenters. The minimum atomic E-state index is -0.742. The van der Waals surface area contributed by atoms with E-state index in [1.807, 2.05) is 44.2 Å². The van der Waals surface area contributed by atoms with Crippen molar-refractivity contribution < 1.29 is 28.5 Å². The minimum absolute atomic E-state index is 0.182. The largest absolute Gasteiger partial charge is 0.445 e. The summed E-state index contributed by atoms with van der Waals surface area (Å²) in [5.41, 5.74) is 0.906. The number of alkyl carbamates (subject to hydrolysis) is 1. The molecular weight excluding hydrogens is 338 g/mol. The molecular formula is C19H25NO6. The maximum absolute atomic E-state index is 12.2. The van der Waals surface area contributed by atoms with Gasteiger partial charge in [-0.3, -0.25) is 0 Å². The number of carbonyl (C=O) groups is 1. The fourth-order valence-electron chi connectivity index (χ4n) is 3.25. The molecule has 2 aliphatic rings. The molecule has 0 radical (unpaired) electrons. The lowest BCUT2D eigenvalue weighted by Crippen LogP contribution is -2.47. The molecule has 2 aliphatic heterocycles. The lowest BCUT2D eigenvalue weighted by atomic mass is 10.0. The van der Waals surface area contributed by atoms with Crippen LogP contribution in [0.5, 0.6) is 0 Å². The molecule has 1 aromatic rings. The van der Waals surface area contributed by atoms with E-state index in [-0.39, 0.29) is 18.8 Å². The van der Waals surface area contributed by atoms with E-state index in [0.29, 0.717) is 0 Å². The second kappa shape index (κ2) is 7.75. The summed E-state index contributed by atoms with van der Waals surface area (Å²) < 4.78 is 28.3. The number of benzene rings is 1. The number of nitrogens with one attached hydrogen (secondary N) is 1. The molecule has 2 fully saturated rings. The second-order valence-electron chi connectivity index (χ2n) is 6.74. The zero-order chi connectivity index (χ0) is 18.7. The van der Waals surface area contributed by atoms with Crippen LogP contribution < -0.4 is 5.32 Å². The first-order valence-electron chi connectivity index (χ1n) is 8.57. The average Bonchev–Trinajstić information content (AvgIpc) is 3.11. The van der Waals surface area contributed by atoms with E-state index in [4.69, 9.17) is 23.7 Å². The average molecular weight is 363 g/mol. The zero-order valence-corrected chi connectivity index (χ0v) is 15.2. The Morgan fingerprint density at radius 2 is 2.00 bits per heavy atom. The van der Waals surface area contributed by atoms with Crippen molar-refractivity contribution in [1.29, 1.82) is 0 Å². The number of methoxy groups -OCH3 is 1. The van der Waals surface area contributed by atoms with Crippen molar-refractivity contribution in [3.8, 4) is 0 Å². The van der Waals surface area contributed by atoms with Gasteiger partial charge in [0, 0.05) is 7.11 Å². The van der Waals surface area contributed by atoms with Crippen LogP contribution in [0.4, 0.5) is 4.79 Å². The van der Waals surface area contributed by atoms with Crippen LogP contribution in [0.2, 0.25) is 0 Å². The Bertz CT molecular complexity index is 634. The molecule has 2 saturated heterocycles. The van der Waals surface area contributed by atoms with Crippen LogP contribution in [-0.2, 0) is 30.3 Å². The van der Waals surface area contributed by atoms with E-state index >= 15 is 0 Å². The highest BCUT2D eigenvalue weighted by molar-refractivity contribution is 5.68. The molecule has 7 nitrogen and oxygen atoms in total. The predicted octanol–water partition coefficient (Wildman–Crippen LogP) is 2.36. The maximum atomic E-state index is 12.2. The molecule has 1 N–H and O–H groups in total. The second-order valence-corrected chi connectivity index (χ2v) is 6.74. The Hall–Kier alpha value is -1.93. The fraction of sp³-hybridized carbons (Fsp3) is 0.526. The molecule has 0 unspecified atom stereocenters. The molecule has 0 aromatic heterocycles. The van der Waals surface area contributed by atoms with Gasteiger partial charge in [0.05, 0.1) is 6.04 Å². The summed E-state index contributed by atoms with van der Waals surface area (Å²) in [5.74, 6) is -0.742. The Kier molecular flexibility index (Phi) is 5.62. The SMILES string of the molecule is C=C[C@@H](NC(=O)OCc1ccccc1)[C@H]1O[C@@H](OC)[C@@H]2OC(C)(C)O[C@@H]21. The smallest absolute Gasteiger partial charge is 0.408 e. The summed E-state index contributed by atoms with van der Waals surface area (Å²) in [7, 11) is 1.54. The molecule has 142 valence electrons. The lowest BCUT2D eigenvalue weighted by Gasteiger charge is -2.27. The van der Waals surface area contributed by atoms with Crippen molar-refractivity contribution in [3.05, 3.63) is 48.6 Å². The highest BCUT2D eigenvalue weighted by Crippen LogP contribution is 2.40. The van der Waals surface area contributed by atoms with Crippen molar-refractivity contribution in [1.82, 2.24) is 5.32 Å². The quantitative estimate of drug-likeness (QED) is 0.782. The van der Waals surface area contributed by atoms with Crippen molar-refractivity contribution in [2.45, 2.75) is 56.9 Å². The molecule has 2 heterocycles. The number of hydrogen-bond acceptors (Lipinski definition) is 6. The van der Waals surface area contributed by atoms with Gasteiger partial charge in [-0.15, -0.1) is 6.58 Å². The summed E-state index contributed by atoms with van der Waals surface area (Å²) in [4.78, 5) is 12.2. The molecule has 0 aliphatic carbocycles. The number of carbonyl (C=O) groups excluding carboxylic acids is 1. The van der Waals surface area contributed by atoms with Gasteiger partial charge >= 0.3 is 6.09 Å². The van der Waals surface area contributed by atoms with E-state index in [2.05, 4.69) is 11.9 Å². The summed E-state index contributed by atoms with van der Waals surface area (Å²) in [6.07, 6.45) is -0.780. The summed E-state index contributed by atoms with van der Waals surface area (Å²) in [6, 6.07) is 8.95. The number of amides is 1. The highest BCUT2D eigenvalue weighted by Gasteiger charge is 2.57. The molecule has 3 rings (SSSR count). The Morgan fingerprint density at radius 1 is 1.31 bits per heavy atom. The third kappa shape index (κ3) is 4.07. The first-order valence-corrected chi connectivity index (χ1v) is 8.57. The fourth-order valence-corrected chi connectivity index (χ4v) is 3.25. The first-order chi connectivity index (χ1) is 12.4. The van der Waals surface area contributed by atoms with Crippen molar-refractivity contribution in [2.24, 2.45) is 0 Å². The highest BCUT2D eigenvalue weighted by atomic mass is 16.8. The third-order valence-electron chi connectivity index (χ3n) is 4.38. The number of rotatable bonds is 6. The van der Waals surface area contributed by atoms with Gasteiger partial charge in [0.15, 0.2) is 12.1 Å². The minimum Gasteiger partial charge on any atom is -0.445 e. The summed E-state index contributed by atoms with van der Waals surface area (Å²) in [6.45, 7) is 7.64. The van der Waals surface area contributed by atoms with Gasteiger partial charge in [-0.25, -0.2) is 4.79 Å². The van der Waals surface area contributed by atoms with Crippen LogP contribution in [0.1, 0.15) is 19.4 Å². The third-order valence-corrected chi connectivity index (χ3v) is 4.38. The standard InChI is InChI=1S/C19H25NO6/c1-5-13(20-18(21)23-11-12-9-7-6-8-10-12)14-15-16(17(22-4)24-14)26-19(2,3)25-15/h5-10,13-17H,1,11H2,2-4H3,(H,20,21)/t13-,14-,15-,16-,17-/m1/s1. The predicted molar refractivity (Wildman–Crippen MR) is 93.2 cm³/mol. The topological polar surface area (TPSA) is 75.3 Å². The monoisotopic (exact) mass is 363 g/mol. The van der Waals surface area contributed by atoms with E-state index in [9.17, 15) is 4.79 Å². The van der Waals surface area contributed by atoms with Crippen molar-refractivity contribution in [2.75, 3.05) is 7.11 Å². The molecule has 7 heteroatoms. The summed E-state index contributed by atoms with van der Waals surface area (Å²) in [5, 5.41) is 2.77. The molecule has 1 amide bonds. The van der Waals surface area contributed by atoms with Crippen LogP contribution >= 0.6 is 0 Å². The van der Waals surface area contributed by atoms with Gasteiger partial charge in [0.1, 0.15) is 24.9 Å². The zero-order valence-electron chi connectivity index (χ0n) is 15.2. The van der Waals surface area contributed by atoms with Gasteiger partial charge in [-0.05, 0) is 19.4 Å². The van der Waals surface area contributed by atoms with E-state index in [1.165, 1.54) is 0 Å². The lowest BCUT2D eigenvalue weighted by molar-refractivity contribution is -0.228. The molecule has 0 spiro atoms. The van der Waals surface area contributed by atoms with Gasteiger partial charge in [0.2, 0.25) is 0 Å². The Labute approximate surface area is 153 Å². The van der Waals surface area contributed by atoms with E-state index < -0.39 is 30.3 Å². The Morgan fingerprint density at radius 3 is 2.65 bits per heavy atom. The Balaban J connectivity index is 1.61. The van der Waals surface area contributed by atoms with Crippen molar-refractivity contribution >= 4 is 6.09 Å². The number of hydrogen-bond donors (Lipinski definition) is 1. The van der Waals surface area contributed by atoms with Crippen molar-refractivity contribution in [3.63, 3.8) is 0 Å². The van der Waals surface area contributed by atoms with Gasteiger partial charge in [0.25, 0.3) is 0 Å². The molecule has 26 heavy (non-hydrogen) atoms. The van der Waals surface area contributed by atoms with Crippen LogP contribution in [0.3, 0.4) is 0 Å². The normalized spacial score (nSPS) is 30.4. The summed E-state index contributed by atoms with van der Waals surface area (Å²) >= 11 is 0. The van der Waals surface area contributed by atoms with Crippen LogP contribution in [0, 0.1) is 0 Å². The van der Waals surface area contributed by atoms with Gasteiger partial charge in [-0.2, -0.15) is 0 Å². The van der Waals surface area contributed by atoms with Crippen LogP contribution in [-0.4, -0.2) is 49.6 Å². The number of fused-ring (bicyclic) bond motifs is 1. The maximum Gasteiger partial charge on any atom is 0.408 e.